The van der Waals surface area contributed by atoms with Gasteiger partial charge in [0.1, 0.15) is 0 Å². The number of hydrogen-bond acceptors (Lipinski definition) is 3. The molecule has 27 heavy (non-hydrogen) atoms. The van der Waals surface area contributed by atoms with Gasteiger partial charge in [-0.3, -0.25) is 9.59 Å². The number of carbonyl (C=O) groups is 2. The minimum atomic E-state index is -0.506. The van der Waals surface area contributed by atoms with E-state index in [1.807, 2.05) is 32.0 Å². The number of ether oxygens (including phenoxy) is 1. The van der Waals surface area contributed by atoms with Crippen molar-refractivity contribution in [2.24, 2.45) is 0 Å². The van der Waals surface area contributed by atoms with Crippen LogP contribution in [-0.2, 0) is 9.59 Å². The highest BCUT2D eigenvalue weighted by atomic mass is 19.1. The van der Waals surface area contributed by atoms with Crippen LogP contribution in [0.15, 0.2) is 42.5 Å². The predicted octanol–water partition coefficient (Wildman–Crippen LogP) is 3.56. The fourth-order valence-corrected chi connectivity index (χ4v) is 2.43. The summed E-state index contributed by atoms with van der Waals surface area (Å²) in [5.74, 6) is -1.02. The number of benzene rings is 2. The Kier molecular flexibility index (Phi) is 6.71. The van der Waals surface area contributed by atoms with Gasteiger partial charge in [-0.15, -0.1) is 0 Å². The maximum Gasteiger partial charge on any atom is 0.246 e. The smallest absolute Gasteiger partial charge is 0.246 e. The first-order valence-electron chi connectivity index (χ1n) is 8.44. The monoisotopic (exact) mass is 370 g/mol. The Labute approximate surface area is 158 Å². The molecule has 1 N–H and O–H groups in total. The van der Waals surface area contributed by atoms with Gasteiger partial charge in [0, 0.05) is 18.8 Å². The molecule has 0 aliphatic heterocycles. The third kappa shape index (κ3) is 5.67. The molecule has 0 fully saturated rings. The summed E-state index contributed by atoms with van der Waals surface area (Å²) in [6, 6.07) is 10.2. The van der Waals surface area contributed by atoms with E-state index >= 15 is 0 Å². The zero-order valence-corrected chi connectivity index (χ0v) is 15.9. The van der Waals surface area contributed by atoms with Gasteiger partial charge in [-0.2, -0.15) is 0 Å². The summed E-state index contributed by atoms with van der Waals surface area (Å²) in [5, 5.41) is 2.81. The molecule has 142 valence electrons. The second kappa shape index (κ2) is 8.98. The van der Waals surface area contributed by atoms with E-state index in [0.717, 1.165) is 16.8 Å². The Morgan fingerprint density at radius 1 is 1.19 bits per heavy atom. The van der Waals surface area contributed by atoms with E-state index in [-0.39, 0.29) is 24.1 Å². The second-order valence-corrected chi connectivity index (χ2v) is 6.29. The third-order valence-electron chi connectivity index (χ3n) is 4.02. The number of aryl methyl sites for hydroxylation is 2. The topological polar surface area (TPSA) is 58.6 Å². The maximum absolute atomic E-state index is 13.7. The van der Waals surface area contributed by atoms with Gasteiger partial charge in [-0.25, -0.2) is 4.39 Å². The van der Waals surface area contributed by atoms with Crippen LogP contribution in [0.5, 0.6) is 5.75 Å². The van der Waals surface area contributed by atoms with Crippen LogP contribution in [0.25, 0.3) is 6.08 Å². The third-order valence-corrected chi connectivity index (χ3v) is 4.02. The zero-order chi connectivity index (χ0) is 20.0. The van der Waals surface area contributed by atoms with Crippen LogP contribution < -0.4 is 10.1 Å². The molecule has 0 heterocycles. The van der Waals surface area contributed by atoms with Crippen LogP contribution in [0.1, 0.15) is 16.7 Å². The lowest BCUT2D eigenvalue weighted by molar-refractivity contribution is -0.129. The Bertz CT molecular complexity index is 878. The summed E-state index contributed by atoms with van der Waals surface area (Å²) in [6.07, 6.45) is 2.79. The van der Waals surface area contributed by atoms with Gasteiger partial charge in [-0.1, -0.05) is 18.2 Å². The summed E-state index contributed by atoms with van der Waals surface area (Å²) >= 11 is 0. The van der Waals surface area contributed by atoms with Crippen LogP contribution in [0.2, 0.25) is 0 Å². The van der Waals surface area contributed by atoms with Gasteiger partial charge in [0.15, 0.2) is 11.6 Å². The average Bonchev–Trinajstić information content (AvgIpc) is 2.62. The zero-order valence-electron chi connectivity index (χ0n) is 15.9. The number of halogens is 1. The normalized spacial score (nSPS) is 10.7. The predicted molar refractivity (Wildman–Crippen MR) is 104 cm³/mol. The fraction of sp³-hybridized carbons (Fsp3) is 0.238. The van der Waals surface area contributed by atoms with E-state index in [2.05, 4.69) is 5.32 Å². The number of likely N-dealkylation sites (N-methyl/N-ethyl adjacent to an activating group) is 1. The van der Waals surface area contributed by atoms with Gasteiger partial charge in [-0.05, 0) is 54.8 Å². The summed E-state index contributed by atoms with van der Waals surface area (Å²) < 4.78 is 18.5. The number of carbonyl (C=O) groups excluding carboxylic acids is 2. The molecular formula is C21H23FN2O3. The number of hydrogen-bond donors (Lipinski definition) is 1. The van der Waals surface area contributed by atoms with Crippen LogP contribution >= 0.6 is 0 Å². The molecule has 0 aliphatic rings. The van der Waals surface area contributed by atoms with Crippen molar-refractivity contribution < 1.29 is 18.7 Å². The molecule has 2 aromatic carbocycles. The molecule has 6 heteroatoms. The summed E-state index contributed by atoms with van der Waals surface area (Å²) in [5.41, 5.74) is 3.24. The highest BCUT2D eigenvalue weighted by Gasteiger charge is 2.12. The first-order chi connectivity index (χ1) is 12.8. The van der Waals surface area contributed by atoms with Gasteiger partial charge in [0.2, 0.25) is 11.8 Å². The Morgan fingerprint density at radius 3 is 2.59 bits per heavy atom. The lowest BCUT2D eigenvalue weighted by atomic mass is 10.1. The molecule has 0 radical (unpaired) electrons. The molecule has 0 atom stereocenters. The first-order valence-corrected chi connectivity index (χ1v) is 8.44. The van der Waals surface area contributed by atoms with E-state index in [0.29, 0.717) is 5.56 Å². The lowest BCUT2D eigenvalue weighted by Gasteiger charge is -2.16. The number of methoxy groups -OCH3 is 1. The van der Waals surface area contributed by atoms with Crippen molar-refractivity contribution in [3.8, 4) is 5.75 Å². The molecule has 2 aromatic rings. The SMILES string of the molecule is COc1ccc(/C=C/C(=O)N(C)CC(=O)Nc2cc(C)ccc2C)cc1F. The molecule has 5 nitrogen and oxygen atoms in total. The Hall–Kier alpha value is -3.15. The Balaban J connectivity index is 1.95. The van der Waals surface area contributed by atoms with Gasteiger partial charge in [0.05, 0.1) is 13.7 Å². The molecule has 0 saturated carbocycles. The summed E-state index contributed by atoms with van der Waals surface area (Å²) in [4.78, 5) is 25.7. The van der Waals surface area contributed by atoms with Crippen LogP contribution in [0, 0.1) is 19.7 Å². The van der Waals surface area contributed by atoms with E-state index in [9.17, 15) is 14.0 Å². The van der Waals surface area contributed by atoms with Crippen molar-refractivity contribution in [3.63, 3.8) is 0 Å². The minimum absolute atomic E-state index is 0.0898. The number of nitrogens with one attached hydrogen (secondary N) is 1. The maximum atomic E-state index is 13.7. The molecular weight excluding hydrogens is 347 g/mol. The van der Waals surface area contributed by atoms with E-state index in [4.69, 9.17) is 4.74 Å². The molecule has 0 saturated heterocycles. The molecule has 0 aromatic heterocycles. The van der Waals surface area contributed by atoms with Crippen molar-refractivity contribution >= 4 is 23.6 Å². The summed E-state index contributed by atoms with van der Waals surface area (Å²) in [6.45, 7) is 3.76. The van der Waals surface area contributed by atoms with Crippen molar-refractivity contribution in [2.75, 3.05) is 26.0 Å². The number of amides is 2. The van der Waals surface area contributed by atoms with Crippen LogP contribution in [0.3, 0.4) is 0 Å². The van der Waals surface area contributed by atoms with Gasteiger partial charge >= 0.3 is 0 Å². The highest BCUT2D eigenvalue weighted by molar-refractivity contribution is 5.98. The molecule has 0 bridgehead atoms. The van der Waals surface area contributed by atoms with Crippen molar-refractivity contribution in [3.05, 3.63) is 65.0 Å². The van der Waals surface area contributed by atoms with E-state index in [1.165, 1.54) is 43.3 Å². The standard InChI is InChI=1S/C21H23FN2O3/c1-14-5-6-15(2)18(11-14)23-20(25)13-24(3)21(26)10-8-16-7-9-19(27-4)17(22)12-16/h5-12H,13H2,1-4H3,(H,23,25)/b10-8+. The first kappa shape index (κ1) is 20.2. The van der Waals surface area contributed by atoms with Crippen LogP contribution in [-0.4, -0.2) is 37.4 Å². The number of anilines is 1. The fourth-order valence-electron chi connectivity index (χ4n) is 2.43. The lowest BCUT2D eigenvalue weighted by Crippen LogP contribution is -2.34. The number of rotatable bonds is 6. The van der Waals surface area contributed by atoms with Crippen molar-refractivity contribution in [2.45, 2.75) is 13.8 Å². The van der Waals surface area contributed by atoms with E-state index in [1.54, 1.807) is 6.07 Å². The molecule has 0 aliphatic carbocycles. The van der Waals surface area contributed by atoms with Gasteiger partial charge in [0.25, 0.3) is 0 Å². The van der Waals surface area contributed by atoms with Crippen molar-refractivity contribution in [1.29, 1.82) is 0 Å². The quantitative estimate of drug-likeness (QED) is 0.791. The largest absolute Gasteiger partial charge is 0.494 e. The highest BCUT2D eigenvalue weighted by Crippen LogP contribution is 2.18. The molecule has 0 spiro atoms. The Morgan fingerprint density at radius 2 is 1.93 bits per heavy atom. The summed E-state index contributed by atoms with van der Waals surface area (Å²) in [7, 11) is 2.92. The minimum Gasteiger partial charge on any atom is -0.494 e. The van der Waals surface area contributed by atoms with Gasteiger partial charge < -0.3 is 15.0 Å². The molecule has 2 amide bonds. The van der Waals surface area contributed by atoms with Crippen LogP contribution in [0.4, 0.5) is 10.1 Å². The van der Waals surface area contributed by atoms with E-state index < -0.39 is 5.82 Å². The average molecular weight is 370 g/mol. The molecule has 2 rings (SSSR count). The second-order valence-electron chi connectivity index (χ2n) is 6.29. The number of nitrogens with zero attached hydrogens (tertiary/aromatic N) is 1. The van der Waals surface area contributed by atoms with Crippen molar-refractivity contribution in [1.82, 2.24) is 4.90 Å². The molecule has 0 unspecified atom stereocenters.